The molecule has 2 nitrogen and oxygen atoms in total. The van der Waals surface area contributed by atoms with Crippen molar-refractivity contribution < 1.29 is 5.11 Å². The summed E-state index contributed by atoms with van der Waals surface area (Å²) in [7, 11) is 0. The molecule has 92 valence electrons. The first kappa shape index (κ1) is 13.7. The molecule has 1 heterocycles. The van der Waals surface area contributed by atoms with E-state index < -0.39 is 0 Å². The van der Waals surface area contributed by atoms with Crippen molar-refractivity contribution >= 4 is 11.3 Å². The van der Waals surface area contributed by atoms with E-state index in [1.807, 2.05) is 11.3 Å². The molecule has 0 aromatic carbocycles. The zero-order valence-electron chi connectivity index (χ0n) is 10.6. The van der Waals surface area contributed by atoms with Gasteiger partial charge in [0.15, 0.2) is 0 Å². The van der Waals surface area contributed by atoms with Crippen LogP contribution in [-0.4, -0.2) is 29.2 Å². The smallest absolute Gasteiger partial charge is 0.0431 e. The molecule has 0 spiro atoms. The summed E-state index contributed by atoms with van der Waals surface area (Å²) in [6, 6.07) is 4.98. The highest BCUT2D eigenvalue weighted by Gasteiger charge is 2.10. The summed E-state index contributed by atoms with van der Waals surface area (Å²) in [5.41, 5.74) is 0. The molecule has 0 radical (unpaired) electrons. The maximum atomic E-state index is 8.79. The Labute approximate surface area is 103 Å². The van der Waals surface area contributed by atoms with Crippen molar-refractivity contribution in [2.45, 2.75) is 46.2 Å². The van der Waals surface area contributed by atoms with Crippen molar-refractivity contribution in [3.8, 4) is 0 Å². The van der Waals surface area contributed by atoms with Gasteiger partial charge >= 0.3 is 0 Å². The molecular weight excluding hydrogens is 218 g/mol. The molecule has 0 unspecified atom stereocenters. The van der Waals surface area contributed by atoms with Gasteiger partial charge in [-0.3, -0.25) is 4.90 Å². The highest BCUT2D eigenvalue weighted by Crippen LogP contribution is 2.18. The van der Waals surface area contributed by atoms with Gasteiger partial charge < -0.3 is 5.11 Å². The molecule has 1 rings (SSSR count). The van der Waals surface area contributed by atoms with Crippen molar-refractivity contribution in [3.63, 3.8) is 0 Å². The van der Waals surface area contributed by atoms with Gasteiger partial charge in [0.05, 0.1) is 0 Å². The zero-order chi connectivity index (χ0) is 12.0. The molecule has 0 atom stereocenters. The van der Waals surface area contributed by atoms with Gasteiger partial charge in [-0.1, -0.05) is 0 Å². The lowest BCUT2D eigenvalue weighted by molar-refractivity contribution is 0.199. The maximum absolute atomic E-state index is 8.79. The molecule has 0 aliphatic rings. The van der Waals surface area contributed by atoms with Gasteiger partial charge in [-0.25, -0.2) is 0 Å². The minimum Gasteiger partial charge on any atom is -0.396 e. The third-order valence-electron chi connectivity index (χ3n) is 2.74. The first-order valence-electron chi connectivity index (χ1n) is 6.03. The second-order valence-corrected chi connectivity index (χ2v) is 5.88. The summed E-state index contributed by atoms with van der Waals surface area (Å²) in [5, 5.41) is 8.79. The fourth-order valence-electron chi connectivity index (χ4n) is 1.72. The molecule has 3 heteroatoms. The molecule has 0 bridgehead atoms. The van der Waals surface area contributed by atoms with Crippen molar-refractivity contribution in [2.75, 3.05) is 13.2 Å². The minimum absolute atomic E-state index is 0.310. The number of unbranched alkanes of at least 4 members (excludes halogenated alkanes) is 1. The molecule has 0 amide bonds. The number of aliphatic hydroxyl groups excluding tert-OH is 1. The van der Waals surface area contributed by atoms with Crippen LogP contribution in [-0.2, 0) is 6.54 Å². The quantitative estimate of drug-likeness (QED) is 0.742. The van der Waals surface area contributed by atoms with E-state index >= 15 is 0 Å². The molecule has 0 saturated carbocycles. The monoisotopic (exact) mass is 241 g/mol. The van der Waals surface area contributed by atoms with Crippen LogP contribution in [0.1, 0.15) is 36.4 Å². The van der Waals surface area contributed by atoms with Crippen LogP contribution in [0.15, 0.2) is 12.1 Å². The average molecular weight is 241 g/mol. The Morgan fingerprint density at radius 1 is 1.31 bits per heavy atom. The average Bonchev–Trinajstić information content (AvgIpc) is 2.63. The lowest BCUT2D eigenvalue weighted by Gasteiger charge is -2.25. The van der Waals surface area contributed by atoms with Gasteiger partial charge in [-0.15, -0.1) is 11.3 Å². The largest absolute Gasteiger partial charge is 0.396 e. The summed E-state index contributed by atoms with van der Waals surface area (Å²) in [6.45, 7) is 9.05. The van der Waals surface area contributed by atoms with Crippen LogP contribution < -0.4 is 0 Å². The molecule has 0 aliphatic heterocycles. The van der Waals surface area contributed by atoms with E-state index in [9.17, 15) is 0 Å². The predicted octanol–water partition coefficient (Wildman–Crippen LogP) is 3.04. The molecule has 1 aromatic rings. The van der Waals surface area contributed by atoms with E-state index in [-0.39, 0.29) is 0 Å². The number of aliphatic hydroxyl groups is 1. The first-order valence-corrected chi connectivity index (χ1v) is 6.85. The lowest BCUT2D eigenvalue weighted by Crippen LogP contribution is -2.31. The Bertz CT molecular complexity index is 296. The number of hydrogen-bond donors (Lipinski definition) is 1. The van der Waals surface area contributed by atoms with Crippen LogP contribution in [0.25, 0.3) is 0 Å². The first-order chi connectivity index (χ1) is 7.63. The van der Waals surface area contributed by atoms with Crippen molar-refractivity contribution in [1.29, 1.82) is 0 Å². The highest BCUT2D eigenvalue weighted by molar-refractivity contribution is 7.11. The fraction of sp³-hybridized carbons (Fsp3) is 0.692. The van der Waals surface area contributed by atoms with Crippen LogP contribution in [0.5, 0.6) is 0 Å². The predicted molar refractivity (Wildman–Crippen MR) is 70.9 cm³/mol. The van der Waals surface area contributed by atoms with Gasteiger partial charge in [-0.2, -0.15) is 0 Å². The summed E-state index contributed by atoms with van der Waals surface area (Å²) < 4.78 is 0. The number of aryl methyl sites for hydroxylation is 1. The SMILES string of the molecule is Cc1ccc(CN(CCCCO)C(C)C)s1. The standard InChI is InChI=1S/C13H23NOS/c1-11(2)14(8-4-5-9-15)10-13-7-6-12(3)16-13/h6-7,11,15H,4-5,8-10H2,1-3H3. The molecular formula is C13H23NOS. The van der Waals surface area contributed by atoms with E-state index in [2.05, 4.69) is 37.8 Å². The Balaban J connectivity index is 2.44. The maximum Gasteiger partial charge on any atom is 0.0431 e. The molecule has 1 aromatic heterocycles. The van der Waals surface area contributed by atoms with Crippen molar-refractivity contribution in [3.05, 3.63) is 21.9 Å². The molecule has 0 fully saturated rings. The Morgan fingerprint density at radius 2 is 2.06 bits per heavy atom. The summed E-state index contributed by atoms with van der Waals surface area (Å²) in [5.74, 6) is 0. The fourth-order valence-corrected chi connectivity index (χ4v) is 2.63. The number of rotatable bonds is 7. The molecule has 0 aliphatic carbocycles. The summed E-state index contributed by atoms with van der Waals surface area (Å²) in [4.78, 5) is 5.30. The second kappa shape index (κ2) is 7.05. The van der Waals surface area contributed by atoms with E-state index in [0.29, 0.717) is 12.6 Å². The highest BCUT2D eigenvalue weighted by atomic mass is 32.1. The Kier molecular flexibility index (Phi) is 6.03. The molecule has 1 N–H and O–H groups in total. The van der Waals surface area contributed by atoms with Crippen LogP contribution in [0.4, 0.5) is 0 Å². The number of nitrogens with zero attached hydrogens (tertiary/aromatic N) is 1. The van der Waals surface area contributed by atoms with Gasteiger partial charge in [-0.05, 0) is 52.3 Å². The van der Waals surface area contributed by atoms with Crippen molar-refractivity contribution in [1.82, 2.24) is 4.90 Å². The van der Waals surface area contributed by atoms with Crippen LogP contribution in [0.2, 0.25) is 0 Å². The van der Waals surface area contributed by atoms with Gasteiger partial charge in [0.2, 0.25) is 0 Å². The van der Waals surface area contributed by atoms with Crippen LogP contribution in [0.3, 0.4) is 0 Å². The van der Waals surface area contributed by atoms with E-state index in [0.717, 1.165) is 25.9 Å². The zero-order valence-corrected chi connectivity index (χ0v) is 11.4. The van der Waals surface area contributed by atoms with Gasteiger partial charge in [0, 0.05) is 28.9 Å². The molecule has 16 heavy (non-hydrogen) atoms. The van der Waals surface area contributed by atoms with Crippen molar-refractivity contribution in [2.24, 2.45) is 0 Å². The normalized spacial score (nSPS) is 11.6. The van der Waals surface area contributed by atoms with E-state index in [1.54, 1.807) is 0 Å². The third-order valence-corrected chi connectivity index (χ3v) is 3.72. The van der Waals surface area contributed by atoms with Crippen LogP contribution in [0, 0.1) is 6.92 Å². The van der Waals surface area contributed by atoms with Gasteiger partial charge in [0.1, 0.15) is 0 Å². The number of thiophene rings is 1. The topological polar surface area (TPSA) is 23.5 Å². The Hall–Kier alpha value is -0.380. The number of hydrogen-bond acceptors (Lipinski definition) is 3. The second-order valence-electron chi connectivity index (χ2n) is 4.51. The molecule has 0 saturated heterocycles. The van der Waals surface area contributed by atoms with E-state index in [1.165, 1.54) is 9.75 Å². The lowest BCUT2D eigenvalue weighted by atomic mass is 10.2. The van der Waals surface area contributed by atoms with Crippen LogP contribution >= 0.6 is 11.3 Å². The Morgan fingerprint density at radius 3 is 2.56 bits per heavy atom. The van der Waals surface area contributed by atoms with E-state index in [4.69, 9.17) is 5.11 Å². The van der Waals surface area contributed by atoms with Gasteiger partial charge in [0.25, 0.3) is 0 Å². The summed E-state index contributed by atoms with van der Waals surface area (Å²) >= 11 is 1.88. The third kappa shape index (κ3) is 4.64. The minimum atomic E-state index is 0.310. The summed E-state index contributed by atoms with van der Waals surface area (Å²) in [6.07, 6.45) is 1.99.